The third kappa shape index (κ3) is 4.13. The Balaban J connectivity index is 1.55. The molecule has 6 nitrogen and oxygen atoms in total. The largest absolute Gasteiger partial charge is 0.361 e. The summed E-state index contributed by atoms with van der Waals surface area (Å²) in [6, 6.07) is 10.1. The molecule has 2 aliphatic rings. The van der Waals surface area contributed by atoms with Crippen molar-refractivity contribution in [2.45, 2.75) is 52.4 Å². The summed E-state index contributed by atoms with van der Waals surface area (Å²) >= 11 is 0. The van der Waals surface area contributed by atoms with Gasteiger partial charge < -0.3 is 14.7 Å². The number of hydrogen-bond acceptors (Lipinski definition) is 4. The Morgan fingerprint density at radius 2 is 2.00 bits per heavy atom. The van der Waals surface area contributed by atoms with Gasteiger partial charge in [0.2, 0.25) is 11.8 Å². The van der Waals surface area contributed by atoms with Gasteiger partial charge in [0.05, 0.1) is 5.41 Å². The van der Waals surface area contributed by atoms with Gasteiger partial charge in [0.15, 0.2) is 0 Å². The summed E-state index contributed by atoms with van der Waals surface area (Å²) in [7, 11) is 0. The van der Waals surface area contributed by atoms with Crippen LogP contribution in [-0.2, 0) is 16.0 Å². The topological polar surface area (TPSA) is 75.4 Å². The van der Waals surface area contributed by atoms with Crippen molar-refractivity contribution in [1.82, 2.24) is 15.4 Å². The van der Waals surface area contributed by atoms with E-state index in [0.29, 0.717) is 25.3 Å². The van der Waals surface area contributed by atoms with Crippen molar-refractivity contribution in [3.8, 4) is 11.3 Å². The van der Waals surface area contributed by atoms with Crippen molar-refractivity contribution < 1.29 is 14.1 Å². The first-order valence-electron chi connectivity index (χ1n) is 11.1. The lowest BCUT2D eigenvalue weighted by Crippen LogP contribution is -2.55. The van der Waals surface area contributed by atoms with Crippen LogP contribution in [0.3, 0.4) is 0 Å². The molecular formula is C24H31N3O3. The predicted octanol–water partition coefficient (Wildman–Crippen LogP) is 3.74. The number of benzene rings is 1. The molecule has 1 aromatic heterocycles. The fraction of sp³-hybridized carbons (Fsp3) is 0.542. The van der Waals surface area contributed by atoms with E-state index in [4.69, 9.17) is 4.52 Å². The Morgan fingerprint density at radius 3 is 2.67 bits per heavy atom. The van der Waals surface area contributed by atoms with Crippen molar-refractivity contribution in [2.75, 3.05) is 19.6 Å². The van der Waals surface area contributed by atoms with E-state index >= 15 is 0 Å². The van der Waals surface area contributed by atoms with Gasteiger partial charge in [-0.3, -0.25) is 9.59 Å². The second-order valence-electron chi connectivity index (χ2n) is 8.85. The van der Waals surface area contributed by atoms with Gasteiger partial charge in [-0.05, 0) is 39.5 Å². The van der Waals surface area contributed by atoms with E-state index in [1.54, 1.807) is 0 Å². The fourth-order valence-electron chi connectivity index (χ4n) is 4.58. The van der Waals surface area contributed by atoms with Gasteiger partial charge in [0, 0.05) is 43.6 Å². The van der Waals surface area contributed by atoms with Crippen LogP contribution >= 0.6 is 0 Å². The zero-order valence-electron chi connectivity index (χ0n) is 17.9. The zero-order chi connectivity index (χ0) is 21.1. The van der Waals surface area contributed by atoms with Crippen LogP contribution in [0.5, 0.6) is 0 Å². The van der Waals surface area contributed by atoms with E-state index in [-0.39, 0.29) is 17.7 Å². The number of aryl methyl sites for hydroxylation is 1. The average molecular weight is 410 g/mol. The molecule has 2 fully saturated rings. The fourth-order valence-corrected chi connectivity index (χ4v) is 4.58. The first-order chi connectivity index (χ1) is 14.5. The van der Waals surface area contributed by atoms with Crippen LogP contribution < -0.4 is 5.32 Å². The molecule has 1 aromatic carbocycles. The van der Waals surface area contributed by atoms with E-state index in [1.165, 1.54) is 5.56 Å². The Bertz CT molecular complexity index is 901. The van der Waals surface area contributed by atoms with Crippen molar-refractivity contribution >= 4 is 11.8 Å². The SMILES string of the molecule is CCNC(=O)[C@]1(Cc2cc(-c3ccc(C)cc3)no2)CCCN(C(=O)C2CCC2)C1. The number of carbonyl (C=O) groups is 2. The van der Waals surface area contributed by atoms with Crippen LogP contribution in [0, 0.1) is 18.3 Å². The maximum absolute atomic E-state index is 13.1. The van der Waals surface area contributed by atoms with Crippen LogP contribution in [0.25, 0.3) is 11.3 Å². The molecule has 1 saturated carbocycles. The van der Waals surface area contributed by atoms with Crippen molar-refractivity contribution in [1.29, 1.82) is 0 Å². The summed E-state index contributed by atoms with van der Waals surface area (Å²) in [6.07, 6.45) is 5.11. The predicted molar refractivity (Wildman–Crippen MR) is 115 cm³/mol. The molecule has 4 rings (SSSR count). The molecule has 2 aromatic rings. The van der Waals surface area contributed by atoms with Crippen molar-refractivity contribution in [2.24, 2.45) is 11.3 Å². The monoisotopic (exact) mass is 409 g/mol. The molecule has 1 atom stereocenters. The maximum atomic E-state index is 13.1. The highest BCUT2D eigenvalue weighted by molar-refractivity contribution is 5.85. The average Bonchev–Trinajstić information content (AvgIpc) is 3.15. The number of nitrogens with zero attached hydrogens (tertiary/aromatic N) is 2. The van der Waals surface area contributed by atoms with Gasteiger partial charge in [-0.2, -0.15) is 0 Å². The first kappa shape index (κ1) is 20.6. The number of hydrogen-bond donors (Lipinski definition) is 1. The molecule has 6 heteroatoms. The van der Waals surface area contributed by atoms with E-state index < -0.39 is 5.41 Å². The zero-order valence-corrected chi connectivity index (χ0v) is 17.9. The first-order valence-corrected chi connectivity index (χ1v) is 11.1. The Morgan fingerprint density at radius 1 is 1.23 bits per heavy atom. The van der Waals surface area contributed by atoms with Gasteiger partial charge >= 0.3 is 0 Å². The van der Waals surface area contributed by atoms with Gasteiger partial charge in [0.25, 0.3) is 0 Å². The molecule has 0 radical (unpaired) electrons. The normalized spacial score (nSPS) is 21.9. The molecule has 2 heterocycles. The van der Waals surface area contributed by atoms with Crippen LogP contribution in [0.2, 0.25) is 0 Å². The van der Waals surface area contributed by atoms with E-state index in [0.717, 1.165) is 49.9 Å². The minimum atomic E-state index is -0.669. The minimum Gasteiger partial charge on any atom is -0.361 e. The highest BCUT2D eigenvalue weighted by atomic mass is 16.5. The lowest BCUT2D eigenvalue weighted by Gasteiger charge is -2.43. The summed E-state index contributed by atoms with van der Waals surface area (Å²) in [4.78, 5) is 27.9. The summed E-state index contributed by atoms with van der Waals surface area (Å²) in [5.41, 5.74) is 2.29. The lowest BCUT2D eigenvalue weighted by atomic mass is 9.74. The molecule has 2 amide bonds. The molecule has 1 aliphatic carbocycles. The van der Waals surface area contributed by atoms with Crippen LogP contribution in [-0.4, -0.2) is 41.5 Å². The summed E-state index contributed by atoms with van der Waals surface area (Å²) in [5, 5.41) is 7.23. The Kier molecular flexibility index (Phi) is 5.93. The van der Waals surface area contributed by atoms with Crippen LogP contribution in [0.4, 0.5) is 0 Å². The molecule has 1 aliphatic heterocycles. The Hall–Kier alpha value is -2.63. The standard InChI is InChI=1S/C24H31N3O3/c1-3-25-23(29)24(12-5-13-27(16-24)22(28)19-6-4-7-19)15-20-14-21(26-30-20)18-10-8-17(2)9-11-18/h8-11,14,19H,3-7,12-13,15-16H2,1-2H3,(H,25,29)/t24-/m0/s1. The van der Waals surface area contributed by atoms with Gasteiger partial charge in [-0.25, -0.2) is 0 Å². The molecule has 30 heavy (non-hydrogen) atoms. The Labute approximate surface area is 178 Å². The smallest absolute Gasteiger partial charge is 0.228 e. The van der Waals surface area contributed by atoms with Crippen LogP contribution in [0.1, 0.15) is 50.4 Å². The lowest BCUT2D eigenvalue weighted by molar-refractivity contribution is -0.146. The van der Waals surface area contributed by atoms with E-state index in [2.05, 4.69) is 10.5 Å². The minimum absolute atomic E-state index is 0.00407. The summed E-state index contributed by atoms with van der Waals surface area (Å²) < 4.78 is 5.65. The number of amides is 2. The van der Waals surface area contributed by atoms with Crippen LogP contribution in [0.15, 0.2) is 34.9 Å². The number of nitrogens with one attached hydrogen (secondary N) is 1. The molecule has 160 valence electrons. The van der Waals surface area contributed by atoms with Crippen molar-refractivity contribution in [3.05, 3.63) is 41.7 Å². The summed E-state index contributed by atoms with van der Waals surface area (Å²) in [5.74, 6) is 1.06. The number of rotatable bonds is 6. The number of carbonyl (C=O) groups excluding carboxylic acids is 2. The van der Waals surface area contributed by atoms with Gasteiger partial charge in [0.1, 0.15) is 11.5 Å². The third-order valence-corrected chi connectivity index (χ3v) is 6.58. The summed E-state index contributed by atoms with van der Waals surface area (Å²) in [6.45, 7) is 5.74. The molecule has 0 spiro atoms. The number of piperidine rings is 1. The second-order valence-corrected chi connectivity index (χ2v) is 8.85. The van der Waals surface area contributed by atoms with Gasteiger partial charge in [-0.15, -0.1) is 0 Å². The molecular weight excluding hydrogens is 378 g/mol. The molecule has 0 unspecified atom stereocenters. The molecule has 1 saturated heterocycles. The number of aromatic nitrogens is 1. The maximum Gasteiger partial charge on any atom is 0.228 e. The van der Waals surface area contributed by atoms with E-state index in [9.17, 15) is 9.59 Å². The molecule has 0 bridgehead atoms. The van der Waals surface area contributed by atoms with Gasteiger partial charge in [-0.1, -0.05) is 41.4 Å². The third-order valence-electron chi connectivity index (χ3n) is 6.58. The van der Waals surface area contributed by atoms with Crippen molar-refractivity contribution in [3.63, 3.8) is 0 Å². The quantitative estimate of drug-likeness (QED) is 0.789. The highest BCUT2D eigenvalue weighted by Crippen LogP contribution is 2.37. The molecule has 1 N–H and O–H groups in total. The number of likely N-dealkylation sites (tertiary alicyclic amines) is 1. The highest BCUT2D eigenvalue weighted by Gasteiger charge is 2.45. The second kappa shape index (κ2) is 8.62. The van der Waals surface area contributed by atoms with E-state index in [1.807, 2.05) is 49.1 Å².